The molecule has 1 atom stereocenters. The maximum absolute atomic E-state index is 12.2. The van der Waals surface area contributed by atoms with Gasteiger partial charge in [-0.05, 0) is 32.9 Å². The van der Waals surface area contributed by atoms with Gasteiger partial charge in [0.25, 0.3) is 5.56 Å². The zero-order chi connectivity index (χ0) is 13.8. The minimum absolute atomic E-state index is 0.0654. The molecule has 0 aliphatic rings. The van der Waals surface area contributed by atoms with Crippen molar-refractivity contribution in [2.45, 2.75) is 32.9 Å². The molecule has 0 aliphatic heterocycles. The van der Waals surface area contributed by atoms with Crippen LogP contribution < -0.4 is 10.9 Å². The van der Waals surface area contributed by atoms with Crippen LogP contribution in [0.3, 0.4) is 0 Å². The van der Waals surface area contributed by atoms with Gasteiger partial charge in [-0.25, -0.2) is 4.98 Å². The van der Waals surface area contributed by atoms with Gasteiger partial charge in [0.1, 0.15) is 0 Å². The molecular formula is C14H18N4O. The fourth-order valence-electron chi connectivity index (χ4n) is 1.84. The van der Waals surface area contributed by atoms with Crippen molar-refractivity contribution in [1.82, 2.24) is 14.5 Å². The first-order valence-electron chi connectivity index (χ1n) is 6.34. The number of rotatable bonds is 4. The average molecular weight is 258 g/mol. The Kier molecular flexibility index (Phi) is 3.94. The predicted octanol–water partition coefficient (Wildman–Crippen LogP) is 2.39. The summed E-state index contributed by atoms with van der Waals surface area (Å²) in [6.07, 6.45) is 5.07. The molecule has 0 fully saturated rings. The molecule has 5 nitrogen and oxygen atoms in total. The van der Waals surface area contributed by atoms with Gasteiger partial charge in [-0.3, -0.25) is 9.78 Å². The molecule has 1 N–H and O–H groups in total. The average Bonchev–Trinajstić information content (AvgIpc) is 2.41. The summed E-state index contributed by atoms with van der Waals surface area (Å²) in [6, 6.07) is 5.75. The molecular weight excluding hydrogens is 240 g/mol. The molecule has 1 unspecified atom stereocenters. The predicted molar refractivity (Wildman–Crippen MR) is 75.2 cm³/mol. The van der Waals surface area contributed by atoms with Crippen LogP contribution in [0.25, 0.3) is 0 Å². The zero-order valence-electron chi connectivity index (χ0n) is 11.4. The molecule has 0 saturated carbocycles. The number of nitrogens with zero attached hydrogens (tertiary/aromatic N) is 3. The summed E-state index contributed by atoms with van der Waals surface area (Å²) in [5, 5.41) is 3.11. The molecule has 0 radical (unpaired) electrons. The van der Waals surface area contributed by atoms with E-state index < -0.39 is 0 Å². The summed E-state index contributed by atoms with van der Waals surface area (Å²) in [6.45, 7) is 5.89. The molecule has 2 heterocycles. The Hall–Kier alpha value is -2.17. The van der Waals surface area contributed by atoms with E-state index >= 15 is 0 Å². The molecule has 2 rings (SSSR count). The molecule has 0 aliphatic carbocycles. The van der Waals surface area contributed by atoms with Gasteiger partial charge >= 0.3 is 0 Å². The summed E-state index contributed by atoms with van der Waals surface area (Å²) in [7, 11) is 0. The lowest BCUT2D eigenvalue weighted by Gasteiger charge is -2.15. The summed E-state index contributed by atoms with van der Waals surface area (Å²) in [4.78, 5) is 20.6. The Morgan fingerprint density at radius 3 is 2.58 bits per heavy atom. The fraction of sp³-hybridized carbons (Fsp3) is 0.357. The van der Waals surface area contributed by atoms with E-state index in [1.165, 1.54) is 0 Å². The van der Waals surface area contributed by atoms with Gasteiger partial charge in [0.15, 0.2) is 5.82 Å². The van der Waals surface area contributed by atoms with Gasteiger partial charge < -0.3 is 9.88 Å². The second-order valence-electron chi connectivity index (χ2n) is 4.70. The molecule has 0 amide bonds. The van der Waals surface area contributed by atoms with Gasteiger partial charge in [-0.2, -0.15) is 0 Å². The lowest BCUT2D eigenvalue weighted by atomic mass is 10.2. The molecule has 0 aromatic carbocycles. The number of aromatic nitrogens is 3. The zero-order valence-corrected chi connectivity index (χ0v) is 11.4. The highest BCUT2D eigenvalue weighted by atomic mass is 16.1. The van der Waals surface area contributed by atoms with Crippen molar-refractivity contribution in [2.75, 3.05) is 5.32 Å². The van der Waals surface area contributed by atoms with Crippen LogP contribution >= 0.6 is 0 Å². The summed E-state index contributed by atoms with van der Waals surface area (Å²) in [5.41, 5.74) is 0.768. The van der Waals surface area contributed by atoms with Gasteiger partial charge in [0.2, 0.25) is 0 Å². The third kappa shape index (κ3) is 2.99. The van der Waals surface area contributed by atoms with Crippen molar-refractivity contribution in [3.8, 4) is 0 Å². The lowest BCUT2D eigenvalue weighted by molar-refractivity contribution is 0.574. The highest BCUT2D eigenvalue weighted by molar-refractivity contribution is 5.34. The van der Waals surface area contributed by atoms with Crippen LogP contribution in [0.2, 0.25) is 0 Å². The third-order valence-electron chi connectivity index (χ3n) is 2.91. The first kappa shape index (κ1) is 13.3. The van der Waals surface area contributed by atoms with Crippen LogP contribution in [0.4, 0.5) is 5.82 Å². The second-order valence-corrected chi connectivity index (χ2v) is 4.70. The largest absolute Gasteiger partial charge is 0.357 e. The molecule has 2 aromatic rings. The summed E-state index contributed by atoms with van der Waals surface area (Å²) in [5.74, 6) is 0.356. The monoisotopic (exact) mass is 258 g/mol. The number of hydrogen-bond acceptors (Lipinski definition) is 4. The molecule has 0 bridgehead atoms. The smallest absolute Gasteiger partial charge is 0.293 e. The van der Waals surface area contributed by atoms with Gasteiger partial charge in [-0.1, -0.05) is 6.07 Å². The van der Waals surface area contributed by atoms with Gasteiger partial charge in [0, 0.05) is 24.6 Å². The Balaban J connectivity index is 2.25. The van der Waals surface area contributed by atoms with E-state index in [4.69, 9.17) is 0 Å². The van der Waals surface area contributed by atoms with E-state index in [-0.39, 0.29) is 17.6 Å². The second kappa shape index (κ2) is 5.65. The van der Waals surface area contributed by atoms with Crippen LogP contribution in [0.15, 0.2) is 41.6 Å². The minimum Gasteiger partial charge on any atom is -0.357 e. The highest BCUT2D eigenvalue weighted by Crippen LogP contribution is 2.13. The third-order valence-corrected chi connectivity index (χ3v) is 2.91. The maximum Gasteiger partial charge on any atom is 0.293 e. The highest BCUT2D eigenvalue weighted by Gasteiger charge is 2.11. The Bertz CT molecular complexity index is 592. The van der Waals surface area contributed by atoms with Crippen molar-refractivity contribution < 1.29 is 0 Å². The van der Waals surface area contributed by atoms with Gasteiger partial charge in [-0.15, -0.1) is 0 Å². The van der Waals surface area contributed by atoms with Crippen molar-refractivity contribution in [1.29, 1.82) is 0 Å². The fourth-order valence-corrected chi connectivity index (χ4v) is 1.84. The molecule has 2 aromatic heterocycles. The van der Waals surface area contributed by atoms with Crippen molar-refractivity contribution in [2.24, 2.45) is 0 Å². The molecule has 5 heteroatoms. The van der Waals surface area contributed by atoms with Crippen molar-refractivity contribution in [3.63, 3.8) is 0 Å². The van der Waals surface area contributed by atoms with E-state index in [9.17, 15) is 4.79 Å². The number of anilines is 1. The summed E-state index contributed by atoms with van der Waals surface area (Å²) < 4.78 is 1.65. The first-order chi connectivity index (χ1) is 9.09. The Labute approximate surface area is 112 Å². The number of hydrogen-bond donors (Lipinski definition) is 1. The van der Waals surface area contributed by atoms with E-state index in [1.807, 2.05) is 39.0 Å². The van der Waals surface area contributed by atoms with E-state index in [2.05, 4.69) is 15.3 Å². The summed E-state index contributed by atoms with van der Waals surface area (Å²) >= 11 is 0. The Morgan fingerprint density at radius 2 is 1.95 bits per heavy atom. The number of nitrogens with one attached hydrogen (secondary N) is 1. The van der Waals surface area contributed by atoms with Crippen molar-refractivity contribution >= 4 is 5.82 Å². The number of pyridine rings is 1. The molecule has 19 heavy (non-hydrogen) atoms. The van der Waals surface area contributed by atoms with Gasteiger partial charge in [0.05, 0.1) is 11.7 Å². The lowest BCUT2D eigenvalue weighted by Crippen LogP contribution is -2.26. The molecule has 0 spiro atoms. The quantitative estimate of drug-likeness (QED) is 0.914. The van der Waals surface area contributed by atoms with E-state index in [0.717, 1.165) is 5.69 Å². The molecule has 0 saturated heterocycles. The maximum atomic E-state index is 12.2. The standard InChI is InChI=1S/C14H18N4O/c1-10(2)18-9-8-16-13(14(18)19)17-11(3)12-6-4-5-7-15-12/h4-11H,1-3H3,(H,16,17). The van der Waals surface area contributed by atoms with Crippen LogP contribution in [0.1, 0.15) is 38.5 Å². The van der Waals surface area contributed by atoms with Crippen LogP contribution in [0, 0.1) is 0 Å². The van der Waals surface area contributed by atoms with E-state index in [0.29, 0.717) is 5.82 Å². The molecule has 100 valence electrons. The van der Waals surface area contributed by atoms with Crippen LogP contribution in [-0.4, -0.2) is 14.5 Å². The normalized spacial score (nSPS) is 12.4. The topological polar surface area (TPSA) is 59.8 Å². The van der Waals surface area contributed by atoms with Crippen LogP contribution in [-0.2, 0) is 0 Å². The van der Waals surface area contributed by atoms with E-state index in [1.54, 1.807) is 23.2 Å². The van der Waals surface area contributed by atoms with Crippen LogP contribution in [0.5, 0.6) is 0 Å². The Morgan fingerprint density at radius 1 is 1.16 bits per heavy atom. The van der Waals surface area contributed by atoms with Crippen molar-refractivity contribution in [3.05, 3.63) is 52.8 Å². The minimum atomic E-state index is -0.111. The first-order valence-corrected chi connectivity index (χ1v) is 6.34. The SMILES string of the molecule is CC(Nc1nccn(C(C)C)c1=O)c1ccccn1.